The minimum Gasteiger partial charge on any atom is -0.497 e. The molecule has 0 saturated carbocycles. The van der Waals surface area contributed by atoms with E-state index in [4.69, 9.17) is 16.3 Å². The number of carbonyl (C=O) groups excluding carboxylic acids is 1. The van der Waals surface area contributed by atoms with E-state index in [0.717, 1.165) is 33.7 Å². The van der Waals surface area contributed by atoms with Gasteiger partial charge in [-0.2, -0.15) is 0 Å². The molecule has 6 nitrogen and oxygen atoms in total. The van der Waals surface area contributed by atoms with E-state index in [2.05, 4.69) is 29.4 Å². The molecule has 170 valence electrons. The van der Waals surface area contributed by atoms with Crippen LogP contribution in [0.3, 0.4) is 0 Å². The molecule has 1 N–H and O–H groups in total. The van der Waals surface area contributed by atoms with E-state index >= 15 is 0 Å². The Morgan fingerprint density at radius 3 is 2.75 bits per heavy atom. The van der Waals surface area contributed by atoms with Crippen LogP contribution >= 0.6 is 23.4 Å². The summed E-state index contributed by atoms with van der Waals surface area (Å²) in [6.45, 7) is 4.86. The highest BCUT2D eigenvalue weighted by atomic mass is 35.5. The summed E-state index contributed by atoms with van der Waals surface area (Å²) in [7, 11) is 1.65. The summed E-state index contributed by atoms with van der Waals surface area (Å²) in [4.78, 5) is 12.1. The Hall–Kier alpha value is -2.51. The van der Waals surface area contributed by atoms with Crippen LogP contribution < -0.4 is 10.1 Å². The number of aromatic nitrogens is 3. The predicted molar refractivity (Wildman–Crippen MR) is 130 cm³/mol. The van der Waals surface area contributed by atoms with Crippen LogP contribution in [0.15, 0.2) is 53.7 Å². The molecule has 1 heterocycles. The second-order valence-corrected chi connectivity index (χ2v) is 9.28. The van der Waals surface area contributed by atoms with Crippen molar-refractivity contribution < 1.29 is 9.53 Å². The minimum atomic E-state index is 0.0710. The van der Waals surface area contributed by atoms with Crippen molar-refractivity contribution in [1.29, 1.82) is 0 Å². The van der Waals surface area contributed by atoms with Gasteiger partial charge in [0.05, 0.1) is 12.8 Å². The summed E-state index contributed by atoms with van der Waals surface area (Å²) in [5.74, 6) is 2.82. The highest BCUT2D eigenvalue weighted by Gasteiger charge is 2.16. The Kier molecular flexibility index (Phi) is 9.00. The zero-order valence-electron chi connectivity index (χ0n) is 18.7. The first-order valence-electron chi connectivity index (χ1n) is 10.7. The van der Waals surface area contributed by atoms with E-state index < -0.39 is 0 Å². The van der Waals surface area contributed by atoms with Crippen molar-refractivity contribution in [3.8, 4) is 11.4 Å². The summed E-state index contributed by atoms with van der Waals surface area (Å²) in [6.07, 6.45) is 1.81. The number of rotatable bonds is 11. The van der Waals surface area contributed by atoms with Crippen molar-refractivity contribution in [2.45, 2.75) is 44.0 Å². The molecule has 1 aromatic heterocycles. The first kappa shape index (κ1) is 24.1. The van der Waals surface area contributed by atoms with Gasteiger partial charge in [-0.15, -0.1) is 10.2 Å². The van der Waals surface area contributed by atoms with Gasteiger partial charge in [0.25, 0.3) is 0 Å². The summed E-state index contributed by atoms with van der Waals surface area (Å²) in [6, 6.07) is 15.6. The number of benzene rings is 2. The Morgan fingerprint density at radius 2 is 2.00 bits per heavy atom. The topological polar surface area (TPSA) is 69.0 Å². The number of thioether (sulfide) groups is 1. The lowest BCUT2D eigenvalue weighted by Gasteiger charge is -2.12. The third kappa shape index (κ3) is 7.00. The number of hydrogen-bond acceptors (Lipinski definition) is 5. The summed E-state index contributed by atoms with van der Waals surface area (Å²) in [5, 5.41) is 13.4. The van der Waals surface area contributed by atoms with E-state index in [1.54, 1.807) is 18.9 Å². The number of halogens is 1. The van der Waals surface area contributed by atoms with Crippen molar-refractivity contribution in [3.05, 3.63) is 64.9 Å². The number of nitrogens with one attached hydrogen (secondary N) is 1. The quantitative estimate of drug-likeness (QED) is 0.382. The molecule has 0 atom stereocenters. The molecule has 0 aliphatic heterocycles. The fourth-order valence-electron chi connectivity index (χ4n) is 3.15. The molecule has 0 unspecified atom stereocenters. The molecule has 0 spiro atoms. The van der Waals surface area contributed by atoms with Crippen molar-refractivity contribution in [1.82, 2.24) is 20.1 Å². The van der Waals surface area contributed by atoms with Crippen LogP contribution in [-0.4, -0.2) is 34.3 Å². The lowest BCUT2D eigenvalue weighted by Crippen LogP contribution is -2.27. The first-order valence-corrected chi connectivity index (χ1v) is 12.0. The van der Waals surface area contributed by atoms with Crippen LogP contribution in [-0.2, 0) is 17.0 Å². The largest absolute Gasteiger partial charge is 0.497 e. The molecule has 32 heavy (non-hydrogen) atoms. The maximum Gasteiger partial charge on any atom is 0.220 e. The monoisotopic (exact) mass is 472 g/mol. The lowest BCUT2D eigenvalue weighted by atomic mass is 10.2. The van der Waals surface area contributed by atoms with Crippen molar-refractivity contribution in [2.75, 3.05) is 13.7 Å². The van der Waals surface area contributed by atoms with Gasteiger partial charge in [-0.25, -0.2) is 0 Å². The van der Waals surface area contributed by atoms with Gasteiger partial charge in [-0.1, -0.05) is 55.4 Å². The van der Waals surface area contributed by atoms with Gasteiger partial charge in [0.1, 0.15) is 11.6 Å². The molecule has 0 saturated heterocycles. The van der Waals surface area contributed by atoms with Crippen molar-refractivity contribution in [3.63, 3.8) is 0 Å². The molecule has 3 aromatic rings. The van der Waals surface area contributed by atoms with Gasteiger partial charge in [-0.05, 0) is 42.2 Å². The maximum absolute atomic E-state index is 12.1. The van der Waals surface area contributed by atoms with Crippen molar-refractivity contribution >= 4 is 29.3 Å². The molecule has 0 fully saturated rings. The third-order valence-corrected chi connectivity index (χ3v) is 6.02. The number of methoxy groups -OCH3 is 1. The third-order valence-electron chi connectivity index (χ3n) is 4.78. The van der Waals surface area contributed by atoms with Crippen LogP contribution in [0.25, 0.3) is 5.69 Å². The zero-order chi connectivity index (χ0) is 22.9. The molecular weight excluding hydrogens is 444 g/mol. The first-order chi connectivity index (χ1) is 15.5. The molecule has 0 bridgehead atoms. The lowest BCUT2D eigenvalue weighted by molar-refractivity contribution is -0.121. The SMILES string of the molecule is COc1cccc(-n2c(CCCC(=O)NCC(C)C)nnc2SCc2cccc(Cl)c2)c1. The summed E-state index contributed by atoms with van der Waals surface area (Å²) in [5.41, 5.74) is 2.05. The average molecular weight is 473 g/mol. The van der Waals surface area contributed by atoms with Crippen LogP contribution in [0.5, 0.6) is 5.75 Å². The fourth-order valence-corrected chi connectivity index (χ4v) is 4.28. The van der Waals surface area contributed by atoms with Gasteiger partial charge in [0.15, 0.2) is 5.16 Å². The molecule has 0 aliphatic carbocycles. The molecule has 2 aromatic carbocycles. The van der Waals surface area contributed by atoms with E-state index in [-0.39, 0.29) is 5.91 Å². The van der Waals surface area contributed by atoms with Gasteiger partial charge in [0.2, 0.25) is 5.91 Å². The van der Waals surface area contributed by atoms with Gasteiger partial charge in [-0.3, -0.25) is 9.36 Å². The Balaban J connectivity index is 1.76. The second-order valence-electron chi connectivity index (χ2n) is 7.91. The smallest absolute Gasteiger partial charge is 0.220 e. The van der Waals surface area contributed by atoms with Crippen LogP contribution in [0.2, 0.25) is 5.02 Å². The molecular formula is C24H29ClN4O2S. The number of nitrogens with zero attached hydrogens (tertiary/aromatic N) is 3. The molecule has 0 aliphatic rings. The summed E-state index contributed by atoms with van der Waals surface area (Å²) < 4.78 is 7.45. The van der Waals surface area contributed by atoms with Crippen LogP contribution in [0, 0.1) is 5.92 Å². The maximum atomic E-state index is 12.1. The van der Waals surface area contributed by atoms with Gasteiger partial charge in [0, 0.05) is 36.2 Å². The number of aryl methyl sites for hydroxylation is 1. The predicted octanol–water partition coefficient (Wildman–Crippen LogP) is 5.32. The van der Waals surface area contributed by atoms with E-state index in [1.807, 2.05) is 53.1 Å². The van der Waals surface area contributed by atoms with E-state index in [9.17, 15) is 4.79 Å². The number of hydrogen-bond donors (Lipinski definition) is 1. The van der Waals surface area contributed by atoms with E-state index in [0.29, 0.717) is 36.7 Å². The van der Waals surface area contributed by atoms with E-state index in [1.165, 1.54) is 0 Å². The molecule has 1 amide bonds. The van der Waals surface area contributed by atoms with Gasteiger partial charge < -0.3 is 10.1 Å². The molecule has 3 rings (SSSR count). The Labute approximate surface area is 198 Å². The molecule has 0 radical (unpaired) electrons. The summed E-state index contributed by atoms with van der Waals surface area (Å²) >= 11 is 7.72. The number of carbonyl (C=O) groups is 1. The standard InChI is InChI=1S/C24H29ClN4O2S/c1-17(2)15-26-23(30)12-6-11-22-27-28-24(32-16-18-7-4-8-19(25)13-18)29(22)20-9-5-10-21(14-20)31-3/h4-5,7-10,13-14,17H,6,11-12,15-16H2,1-3H3,(H,26,30). The van der Waals surface area contributed by atoms with Crippen LogP contribution in [0.4, 0.5) is 0 Å². The van der Waals surface area contributed by atoms with Gasteiger partial charge >= 0.3 is 0 Å². The second kappa shape index (κ2) is 11.9. The molecule has 8 heteroatoms. The Morgan fingerprint density at radius 1 is 1.19 bits per heavy atom. The Bertz CT molecular complexity index is 1040. The fraction of sp³-hybridized carbons (Fsp3) is 0.375. The average Bonchev–Trinajstić information content (AvgIpc) is 3.19. The normalized spacial score (nSPS) is 11.0. The highest BCUT2D eigenvalue weighted by molar-refractivity contribution is 7.98. The van der Waals surface area contributed by atoms with Crippen molar-refractivity contribution in [2.24, 2.45) is 5.92 Å². The number of ether oxygens (including phenoxy) is 1. The number of amides is 1. The van der Waals surface area contributed by atoms with Crippen LogP contribution in [0.1, 0.15) is 38.1 Å². The zero-order valence-corrected chi connectivity index (χ0v) is 20.2. The highest BCUT2D eigenvalue weighted by Crippen LogP contribution is 2.28. The minimum absolute atomic E-state index is 0.0710.